The number of hydrogen-bond donors (Lipinski definition) is 1. The van der Waals surface area contributed by atoms with Gasteiger partial charge in [-0.05, 0) is 44.5 Å². The molecule has 1 fully saturated rings. The summed E-state index contributed by atoms with van der Waals surface area (Å²) in [5.74, 6) is -0.543. The molecule has 4 nitrogen and oxygen atoms in total. The fourth-order valence-electron chi connectivity index (χ4n) is 3.14. The molecule has 1 atom stereocenters. The Morgan fingerprint density at radius 3 is 2.70 bits per heavy atom. The molecule has 0 saturated carbocycles. The first-order chi connectivity index (χ1) is 10.8. The fraction of sp³-hybridized carbons (Fsp3) is 0.500. The Morgan fingerprint density at radius 1 is 1.43 bits per heavy atom. The van der Waals surface area contributed by atoms with Crippen molar-refractivity contribution in [1.29, 1.82) is 0 Å². The number of rotatable bonds is 6. The number of likely N-dealkylation sites (tertiary alicyclic amines) is 1. The topological polar surface area (TPSA) is 43.8 Å². The van der Waals surface area contributed by atoms with Crippen molar-refractivity contribution < 1.29 is 14.3 Å². The van der Waals surface area contributed by atoms with Gasteiger partial charge in [0, 0.05) is 26.2 Å². The van der Waals surface area contributed by atoms with Gasteiger partial charge in [0.25, 0.3) is 5.91 Å². The highest BCUT2D eigenvalue weighted by molar-refractivity contribution is 5.86. The fourth-order valence-corrected chi connectivity index (χ4v) is 3.14. The lowest BCUT2D eigenvalue weighted by atomic mass is 9.90. The summed E-state index contributed by atoms with van der Waals surface area (Å²) in [6.07, 6.45) is 1.22. The molecule has 0 spiro atoms. The van der Waals surface area contributed by atoms with Crippen molar-refractivity contribution >= 4 is 5.91 Å². The zero-order chi connectivity index (χ0) is 17.0. The molecule has 0 radical (unpaired) electrons. The molecule has 1 aromatic carbocycles. The minimum absolute atomic E-state index is 0.248. The molecule has 0 aliphatic carbocycles. The summed E-state index contributed by atoms with van der Waals surface area (Å²) >= 11 is 0. The first kappa shape index (κ1) is 17.6. The summed E-state index contributed by atoms with van der Waals surface area (Å²) in [4.78, 5) is 16.3. The molecule has 0 bridgehead atoms. The zero-order valence-electron chi connectivity index (χ0n) is 13.9. The van der Waals surface area contributed by atoms with Crippen molar-refractivity contribution in [2.45, 2.75) is 31.9 Å². The first-order valence-corrected chi connectivity index (χ1v) is 7.89. The van der Waals surface area contributed by atoms with Crippen LogP contribution in [0, 0.1) is 5.82 Å². The van der Waals surface area contributed by atoms with E-state index in [4.69, 9.17) is 0 Å². The minimum atomic E-state index is -1.36. The van der Waals surface area contributed by atoms with Crippen LogP contribution in [0.2, 0.25) is 0 Å². The highest BCUT2D eigenvalue weighted by atomic mass is 19.1. The molecule has 5 heteroatoms. The van der Waals surface area contributed by atoms with E-state index in [9.17, 15) is 14.3 Å². The molecule has 1 aromatic rings. The van der Waals surface area contributed by atoms with Crippen LogP contribution >= 0.6 is 0 Å². The summed E-state index contributed by atoms with van der Waals surface area (Å²) in [5.41, 5.74) is 0.490. The molecule has 23 heavy (non-hydrogen) atoms. The second kappa shape index (κ2) is 7.23. The predicted octanol–water partition coefficient (Wildman–Crippen LogP) is 2.19. The number of hydrogen-bond acceptors (Lipinski definition) is 3. The van der Waals surface area contributed by atoms with E-state index >= 15 is 0 Å². The molecule has 126 valence electrons. The second-order valence-corrected chi connectivity index (χ2v) is 6.62. The zero-order valence-corrected chi connectivity index (χ0v) is 13.9. The number of carbonyl (C=O) groups excluding carboxylic acids is 1. The van der Waals surface area contributed by atoms with Gasteiger partial charge in [-0.15, -0.1) is 0 Å². The number of aliphatic hydroxyl groups is 1. The summed E-state index contributed by atoms with van der Waals surface area (Å²) in [7, 11) is 1.87. The van der Waals surface area contributed by atoms with Crippen LogP contribution < -0.4 is 0 Å². The SMILES string of the molecule is C=C(C)CN(C)C[C@]1(O)CCCN(Cc2ccc(F)cc2)C1=O. The number of halogens is 1. The van der Waals surface area contributed by atoms with E-state index in [0.29, 0.717) is 32.6 Å². The number of nitrogens with zero attached hydrogens (tertiary/aromatic N) is 2. The maximum absolute atomic E-state index is 13.0. The third-order valence-electron chi connectivity index (χ3n) is 4.06. The van der Waals surface area contributed by atoms with Gasteiger partial charge in [-0.1, -0.05) is 24.3 Å². The molecular weight excluding hydrogens is 295 g/mol. The monoisotopic (exact) mass is 320 g/mol. The van der Waals surface area contributed by atoms with Crippen molar-refractivity contribution in [2.24, 2.45) is 0 Å². The summed E-state index contributed by atoms with van der Waals surface area (Å²) < 4.78 is 13.0. The van der Waals surface area contributed by atoms with Gasteiger partial charge >= 0.3 is 0 Å². The summed E-state index contributed by atoms with van der Waals surface area (Å²) in [6, 6.07) is 6.11. The van der Waals surface area contributed by atoms with Crippen molar-refractivity contribution in [1.82, 2.24) is 9.80 Å². The molecule has 0 unspecified atom stereocenters. The van der Waals surface area contributed by atoms with Gasteiger partial charge in [0.1, 0.15) is 5.82 Å². The molecule has 1 aliphatic rings. The van der Waals surface area contributed by atoms with Gasteiger partial charge in [0.2, 0.25) is 0 Å². The average molecular weight is 320 g/mol. The van der Waals surface area contributed by atoms with Crippen LogP contribution in [-0.4, -0.2) is 53.1 Å². The van der Waals surface area contributed by atoms with Crippen molar-refractivity contribution in [3.05, 3.63) is 47.8 Å². The van der Waals surface area contributed by atoms with E-state index in [1.165, 1.54) is 12.1 Å². The molecule has 1 amide bonds. The maximum Gasteiger partial charge on any atom is 0.256 e. The molecule has 1 saturated heterocycles. The third-order valence-corrected chi connectivity index (χ3v) is 4.06. The molecule has 0 aromatic heterocycles. The van der Waals surface area contributed by atoms with Crippen LogP contribution in [0.1, 0.15) is 25.3 Å². The number of benzene rings is 1. The lowest BCUT2D eigenvalue weighted by Gasteiger charge is -2.40. The Bertz CT molecular complexity index is 573. The van der Waals surface area contributed by atoms with Crippen LogP contribution in [-0.2, 0) is 11.3 Å². The van der Waals surface area contributed by atoms with Crippen LogP contribution in [0.25, 0.3) is 0 Å². The molecular formula is C18H25FN2O2. The summed E-state index contributed by atoms with van der Waals surface area (Å²) in [5, 5.41) is 10.8. The van der Waals surface area contributed by atoms with Gasteiger partial charge in [-0.25, -0.2) is 4.39 Å². The van der Waals surface area contributed by atoms with Gasteiger partial charge in [0.15, 0.2) is 5.60 Å². The molecule has 2 rings (SSSR count). The molecule has 1 N–H and O–H groups in total. The normalized spacial score (nSPS) is 21.8. The van der Waals surface area contributed by atoms with E-state index in [0.717, 1.165) is 17.6 Å². The molecule has 1 heterocycles. The van der Waals surface area contributed by atoms with E-state index in [1.807, 2.05) is 18.9 Å². The van der Waals surface area contributed by atoms with Gasteiger partial charge < -0.3 is 10.0 Å². The van der Waals surface area contributed by atoms with Gasteiger partial charge in [-0.3, -0.25) is 9.69 Å². The van der Waals surface area contributed by atoms with Crippen LogP contribution in [0.3, 0.4) is 0 Å². The van der Waals surface area contributed by atoms with Crippen LogP contribution in [0.5, 0.6) is 0 Å². The second-order valence-electron chi connectivity index (χ2n) is 6.62. The van der Waals surface area contributed by atoms with E-state index in [1.54, 1.807) is 17.0 Å². The Hall–Kier alpha value is -1.72. The smallest absolute Gasteiger partial charge is 0.256 e. The largest absolute Gasteiger partial charge is 0.379 e. The highest BCUT2D eigenvalue weighted by Crippen LogP contribution is 2.25. The van der Waals surface area contributed by atoms with Crippen LogP contribution in [0.15, 0.2) is 36.4 Å². The number of likely N-dealkylation sites (N-methyl/N-ethyl adjacent to an activating group) is 1. The van der Waals surface area contributed by atoms with Crippen molar-refractivity contribution in [3.8, 4) is 0 Å². The Labute approximate surface area is 137 Å². The van der Waals surface area contributed by atoms with E-state index in [-0.39, 0.29) is 11.7 Å². The van der Waals surface area contributed by atoms with Gasteiger partial charge in [0.05, 0.1) is 0 Å². The Balaban J connectivity index is 2.04. The standard InChI is InChI=1S/C18H25FN2O2/c1-14(2)11-20(3)13-18(23)9-4-10-21(17(18)22)12-15-5-7-16(19)8-6-15/h5-8,23H,1,4,9-13H2,2-3H3/t18-/m1/s1. The highest BCUT2D eigenvalue weighted by Gasteiger charge is 2.42. The average Bonchev–Trinajstić information content (AvgIpc) is 2.45. The van der Waals surface area contributed by atoms with Crippen molar-refractivity contribution in [3.63, 3.8) is 0 Å². The minimum Gasteiger partial charge on any atom is -0.379 e. The van der Waals surface area contributed by atoms with E-state index in [2.05, 4.69) is 6.58 Å². The Morgan fingerprint density at radius 2 is 2.09 bits per heavy atom. The maximum atomic E-state index is 13.0. The van der Waals surface area contributed by atoms with Gasteiger partial charge in [-0.2, -0.15) is 0 Å². The Kier molecular flexibility index (Phi) is 5.55. The number of piperidine rings is 1. The lowest BCUT2D eigenvalue weighted by Crippen LogP contribution is -2.58. The lowest BCUT2D eigenvalue weighted by molar-refractivity contribution is -0.159. The number of amides is 1. The third kappa shape index (κ3) is 4.62. The quantitative estimate of drug-likeness (QED) is 0.817. The summed E-state index contributed by atoms with van der Waals surface area (Å²) in [6.45, 7) is 7.72. The first-order valence-electron chi connectivity index (χ1n) is 7.89. The molecule has 1 aliphatic heterocycles. The van der Waals surface area contributed by atoms with E-state index < -0.39 is 5.60 Å². The predicted molar refractivity (Wildman–Crippen MR) is 88.3 cm³/mol. The van der Waals surface area contributed by atoms with Crippen LogP contribution in [0.4, 0.5) is 4.39 Å². The van der Waals surface area contributed by atoms with Crippen molar-refractivity contribution in [2.75, 3.05) is 26.7 Å². The number of carbonyl (C=O) groups is 1.